The number of benzene rings is 2. The van der Waals surface area contributed by atoms with Crippen molar-refractivity contribution in [1.82, 2.24) is 20.2 Å². The minimum absolute atomic E-state index is 0.0670. The zero-order chi connectivity index (χ0) is 17.9. The molecule has 1 aromatic heterocycles. The molecule has 4 rings (SSSR count). The smallest absolute Gasteiger partial charge is 0.250 e. The Hall–Kier alpha value is -3.02. The molecule has 3 aromatic rings. The molecule has 0 atom stereocenters. The average molecular weight is 347 g/mol. The number of ketones is 1. The molecule has 2 heterocycles. The second kappa shape index (κ2) is 7.07. The number of carbonyl (C=O) groups excluding carboxylic acids is 1. The van der Waals surface area contributed by atoms with Crippen LogP contribution in [0.1, 0.15) is 28.8 Å². The van der Waals surface area contributed by atoms with Crippen LogP contribution in [0.15, 0.2) is 54.6 Å². The van der Waals surface area contributed by atoms with Gasteiger partial charge in [-0.15, -0.1) is 0 Å². The number of rotatable bonds is 4. The number of aromatic nitrogens is 4. The fraction of sp³-hybridized carbons (Fsp3) is 0.300. The van der Waals surface area contributed by atoms with Crippen LogP contribution in [0.25, 0.3) is 5.69 Å². The van der Waals surface area contributed by atoms with Crippen molar-refractivity contribution in [3.63, 3.8) is 0 Å². The van der Waals surface area contributed by atoms with Crippen LogP contribution < -0.4 is 4.90 Å². The third-order valence-electron chi connectivity index (χ3n) is 4.94. The maximum absolute atomic E-state index is 12.6. The molecule has 0 spiro atoms. The summed E-state index contributed by atoms with van der Waals surface area (Å²) in [5, 5.41) is 12.2. The van der Waals surface area contributed by atoms with Crippen LogP contribution in [0.4, 0.5) is 5.95 Å². The van der Waals surface area contributed by atoms with Crippen LogP contribution in [-0.2, 0) is 0 Å². The average Bonchev–Trinajstić information content (AvgIpc) is 3.19. The minimum atomic E-state index is 0.0670. The molecule has 132 valence electrons. The Labute approximate surface area is 152 Å². The number of anilines is 1. The SMILES string of the molecule is Cc1ccc(-n2nnnc2N2CCC(C(=O)c3ccccc3)CC2)cc1. The number of Topliss-reactive ketones (excluding diaryl/α,β-unsaturated/α-hetero) is 1. The summed E-state index contributed by atoms with van der Waals surface area (Å²) in [6.07, 6.45) is 1.63. The lowest BCUT2D eigenvalue weighted by Crippen LogP contribution is -2.37. The fourth-order valence-electron chi connectivity index (χ4n) is 3.41. The van der Waals surface area contributed by atoms with Gasteiger partial charge in [-0.05, 0) is 42.3 Å². The van der Waals surface area contributed by atoms with Gasteiger partial charge >= 0.3 is 0 Å². The van der Waals surface area contributed by atoms with Gasteiger partial charge in [-0.3, -0.25) is 4.79 Å². The summed E-state index contributed by atoms with van der Waals surface area (Å²) in [7, 11) is 0. The van der Waals surface area contributed by atoms with Crippen LogP contribution in [0.5, 0.6) is 0 Å². The van der Waals surface area contributed by atoms with E-state index in [1.165, 1.54) is 5.56 Å². The molecule has 0 unspecified atom stereocenters. The predicted octanol–water partition coefficient (Wildman–Crippen LogP) is 3.07. The highest BCUT2D eigenvalue weighted by Crippen LogP contribution is 2.25. The fourth-order valence-corrected chi connectivity index (χ4v) is 3.41. The van der Waals surface area contributed by atoms with Crippen molar-refractivity contribution < 1.29 is 4.79 Å². The van der Waals surface area contributed by atoms with Gasteiger partial charge in [0.15, 0.2) is 5.78 Å². The summed E-state index contributed by atoms with van der Waals surface area (Å²) < 4.78 is 1.76. The standard InChI is InChI=1S/C20H21N5O/c1-15-7-9-18(10-8-15)25-20(21-22-23-25)24-13-11-17(12-14-24)19(26)16-5-3-2-4-6-16/h2-10,17H,11-14H2,1H3. The van der Waals surface area contributed by atoms with E-state index in [1.807, 2.05) is 54.6 Å². The highest BCUT2D eigenvalue weighted by atomic mass is 16.1. The van der Waals surface area contributed by atoms with Crippen molar-refractivity contribution in [1.29, 1.82) is 0 Å². The first-order chi connectivity index (χ1) is 12.7. The molecule has 0 bridgehead atoms. The van der Waals surface area contributed by atoms with Gasteiger partial charge in [-0.25, -0.2) is 0 Å². The summed E-state index contributed by atoms with van der Waals surface area (Å²) in [4.78, 5) is 14.8. The van der Waals surface area contributed by atoms with E-state index in [2.05, 4.69) is 27.3 Å². The number of carbonyl (C=O) groups is 1. The first-order valence-electron chi connectivity index (χ1n) is 8.92. The van der Waals surface area contributed by atoms with Crippen LogP contribution in [-0.4, -0.2) is 39.1 Å². The second-order valence-corrected chi connectivity index (χ2v) is 6.72. The molecule has 0 amide bonds. The molecular formula is C20H21N5O. The van der Waals surface area contributed by atoms with Gasteiger partial charge in [0.1, 0.15) is 0 Å². The molecule has 26 heavy (non-hydrogen) atoms. The Balaban J connectivity index is 1.47. The van der Waals surface area contributed by atoms with E-state index in [-0.39, 0.29) is 11.7 Å². The maximum Gasteiger partial charge on any atom is 0.250 e. The number of nitrogens with zero attached hydrogens (tertiary/aromatic N) is 5. The third-order valence-corrected chi connectivity index (χ3v) is 4.94. The van der Waals surface area contributed by atoms with Gasteiger partial charge in [0, 0.05) is 24.6 Å². The van der Waals surface area contributed by atoms with Crippen LogP contribution in [0.3, 0.4) is 0 Å². The monoisotopic (exact) mass is 347 g/mol. The number of aryl methyl sites for hydroxylation is 1. The molecule has 1 aliphatic rings. The Morgan fingerprint density at radius 1 is 1.00 bits per heavy atom. The molecule has 6 heteroatoms. The van der Waals surface area contributed by atoms with Crippen molar-refractivity contribution in [2.24, 2.45) is 5.92 Å². The predicted molar refractivity (Wildman–Crippen MR) is 99.6 cm³/mol. The summed E-state index contributed by atoms with van der Waals surface area (Å²) >= 11 is 0. The van der Waals surface area contributed by atoms with Crippen molar-refractivity contribution in [3.05, 3.63) is 65.7 Å². The molecule has 0 N–H and O–H groups in total. The highest BCUT2D eigenvalue weighted by Gasteiger charge is 2.28. The third kappa shape index (κ3) is 3.22. The van der Waals surface area contributed by atoms with E-state index in [0.717, 1.165) is 43.1 Å². The largest absolute Gasteiger partial charge is 0.339 e. The molecule has 6 nitrogen and oxygen atoms in total. The summed E-state index contributed by atoms with van der Waals surface area (Å²) in [5.74, 6) is 1.04. The highest BCUT2D eigenvalue weighted by molar-refractivity contribution is 5.97. The van der Waals surface area contributed by atoms with Gasteiger partial charge < -0.3 is 4.90 Å². The van der Waals surface area contributed by atoms with Crippen molar-refractivity contribution in [3.8, 4) is 5.69 Å². The maximum atomic E-state index is 12.6. The zero-order valence-corrected chi connectivity index (χ0v) is 14.7. The van der Waals surface area contributed by atoms with E-state index < -0.39 is 0 Å². The first-order valence-corrected chi connectivity index (χ1v) is 8.92. The molecule has 1 fully saturated rings. The lowest BCUT2D eigenvalue weighted by molar-refractivity contribution is 0.0900. The molecule has 1 saturated heterocycles. The van der Waals surface area contributed by atoms with E-state index in [0.29, 0.717) is 0 Å². The Morgan fingerprint density at radius 2 is 1.69 bits per heavy atom. The lowest BCUT2D eigenvalue weighted by atomic mass is 9.89. The number of hydrogen-bond acceptors (Lipinski definition) is 5. The molecular weight excluding hydrogens is 326 g/mol. The quantitative estimate of drug-likeness (QED) is 0.679. The summed E-state index contributed by atoms with van der Waals surface area (Å²) in [6, 6.07) is 17.7. The summed E-state index contributed by atoms with van der Waals surface area (Å²) in [5.41, 5.74) is 2.94. The van der Waals surface area contributed by atoms with E-state index in [1.54, 1.807) is 4.68 Å². The lowest BCUT2D eigenvalue weighted by Gasteiger charge is -2.31. The molecule has 1 aliphatic heterocycles. The number of hydrogen-bond donors (Lipinski definition) is 0. The van der Waals surface area contributed by atoms with Crippen molar-refractivity contribution >= 4 is 11.7 Å². The van der Waals surface area contributed by atoms with E-state index in [9.17, 15) is 4.79 Å². The van der Waals surface area contributed by atoms with Gasteiger partial charge in [0.2, 0.25) is 5.95 Å². The number of piperidine rings is 1. The Morgan fingerprint density at radius 3 is 2.38 bits per heavy atom. The minimum Gasteiger partial charge on any atom is -0.339 e. The molecule has 2 aromatic carbocycles. The van der Waals surface area contributed by atoms with Gasteiger partial charge in [0.05, 0.1) is 5.69 Å². The van der Waals surface area contributed by atoms with E-state index >= 15 is 0 Å². The molecule has 0 aliphatic carbocycles. The number of tetrazole rings is 1. The Kier molecular flexibility index (Phi) is 4.48. The summed E-state index contributed by atoms with van der Waals surface area (Å²) in [6.45, 7) is 3.60. The van der Waals surface area contributed by atoms with Crippen LogP contribution >= 0.6 is 0 Å². The van der Waals surface area contributed by atoms with Crippen molar-refractivity contribution in [2.45, 2.75) is 19.8 Å². The first kappa shape index (κ1) is 16.4. The van der Waals surface area contributed by atoms with Gasteiger partial charge in [0.25, 0.3) is 0 Å². The van der Waals surface area contributed by atoms with Crippen LogP contribution in [0.2, 0.25) is 0 Å². The van der Waals surface area contributed by atoms with Gasteiger partial charge in [-0.2, -0.15) is 4.68 Å². The van der Waals surface area contributed by atoms with Crippen LogP contribution in [0, 0.1) is 12.8 Å². The van der Waals surface area contributed by atoms with Crippen molar-refractivity contribution in [2.75, 3.05) is 18.0 Å². The topological polar surface area (TPSA) is 63.9 Å². The molecule has 0 saturated carbocycles. The second-order valence-electron chi connectivity index (χ2n) is 6.72. The van der Waals surface area contributed by atoms with E-state index in [4.69, 9.17) is 0 Å². The Bertz CT molecular complexity index is 880. The normalized spacial score (nSPS) is 15.2. The van der Waals surface area contributed by atoms with Gasteiger partial charge in [-0.1, -0.05) is 53.1 Å². The zero-order valence-electron chi connectivity index (χ0n) is 14.7. The molecule has 0 radical (unpaired) electrons.